The van der Waals surface area contributed by atoms with Crippen molar-refractivity contribution < 1.29 is 9.47 Å². The van der Waals surface area contributed by atoms with Crippen LogP contribution in [0.15, 0.2) is 18.2 Å². The van der Waals surface area contributed by atoms with Gasteiger partial charge in [0.2, 0.25) is 0 Å². The van der Waals surface area contributed by atoms with E-state index in [1.165, 1.54) is 0 Å². The lowest BCUT2D eigenvalue weighted by Crippen LogP contribution is -2.20. The predicted molar refractivity (Wildman–Crippen MR) is 67.3 cm³/mol. The first-order valence-corrected chi connectivity index (χ1v) is 5.64. The summed E-state index contributed by atoms with van der Waals surface area (Å²) in [5.74, 6) is 0.732. The van der Waals surface area contributed by atoms with Gasteiger partial charge in [-0.2, -0.15) is 5.26 Å². The summed E-state index contributed by atoms with van der Waals surface area (Å²) in [4.78, 5) is 0. The average Bonchev–Trinajstić information content (AvgIpc) is 2.36. The Hall–Kier alpha value is -1.73. The topological polar surface area (TPSA) is 54.3 Å². The highest BCUT2D eigenvalue weighted by Gasteiger charge is 2.06. The lowest BCUT2D eigenvalue weighted by molar-refractivity contribution is 0.0855. The number of nitrogens with zero attached hydrogens (tertiary/aromatic N) is 1. The molecule has 0 aliphatic carbocycles. The van der Waals surface area contributed by atoms with Crippen LogP contribution < -0.4 is 10.1 Å². The molecule has 0 saturated heterocycles. The lowest BCUT2D eigenvalue weighted by Gasteiger charge is -2.15. The van der Waals surface area contributed by atoms with Crippen molar-refractivity contribution in [3.63, 3.8) is 0 Å². The predicted octanol–water partition coefficient (Wildman–Crippen LogP) is 2.40. The summed E-state index contributed by atoms with van der Waals surface area (Å²) in [6.45, 7) is 5.30. The van der Waals surface area contributed by atoms with E-state index >= 15 is 0 Å². The zero-order chi connectivity index (χ0) is 12.7. The van der Waals surface area contributed by atoms with Gasteiger partial charge in [-0.1, -0.05) is 0 Å². The first-order chi connectivity index (χ1) is 8.21. The van der Waals surface area contributed by atoms with Gasteiger partial charge in [-0.15, -0.1) is 0 Å². The molecular formula is C13H18N2O2. The Balaban J connectivity index is 2.71. The smallest absolute Gasteiger partial charge is 0.121 e. The molecule has 4 heteroatoms. The van der Waals surface area contributed by atoms with Crippen molar-refractivity contribution in [2.24, 2.45) is 0 Å². The Labute approximate surface area is 102 Å². The van der Waals surface area contributed by atoms with Crippen LogP contribution in [0.3, 0.4) is 0 Å². The molecule has 1 N–H and O–H groups in total. The number of nitriles is 1. The maximum Gasteiger partial charge on any atom is 0.121 e. The van der Waals surface area contributed by atoms with E-state index in [1.54, 1.807) is 19.2 Å². The first-order valence-electron chi connectivity index (χ1n) is 5.64. The number of rotatable bonds is 6. The Bertz CT molecular complexity index is 399. The number of anilines is 1. The van der Waals surface area contributed by atoms with Gasteiger partial charge in [0, 0.05) is 19.2 Å². The molecule has 0 radical (unpaired) electrons. The highest BCUT2D eigenvalue weighted by atomic mass is 16.5. The van der Waals surface area contributed by atoms with Crippen LogP contribution in [0.1, 0.15) is 19.4 Å². The Morgan fingerprint density at radius 3 is 2.82 bits per heavy atom. The van der Waals surface area contributed by atoms with Crippen LogP contribution >= 0.6 is 0 Å². The third-order valence-corrected chi connectivity index (χ3v) is 2.38. The molecule has 0 bridgehead atoms. The standard InChI is InChI=1S/C13H18N2O2/c1-4-17-10(2)9-15-13-7-12(16-3)6-5-11(13)8-14/h5-7,10,15H,4,9H2,1-3H3. The minimum absolute atomic E-state index is 0.109. The van der Waals surface area contributed by atoms with Gasteiger partial charge in [0.1, 0.15) is 11.8 Å². The van der Waals surface area contributed by atoms with Crippen LogP contribution in [0.25, 0.3) is 0 Å². The molecule has 0 amide bonds. The molecule has 1 rings (SSSR count). The molecular weight excluding hydrogens is 216 g/mol. The Kier molecular flexibility index (Phi) is 5.31. The van der Waals surface area contributed by atoms with Crippen molar-refractivity contribution >= 4 is 5.69 Å². The van der Waals surface area contributed by atoms with Gasteiger partial charge in [-0.05, 0) is 26.0 Å². The monoisotopic (exact) mass is 234 g/mol. The minimum atomic E-state index is 0.109. The first kappa shape index (κ1) is 13.3. The number of nitrogens with one attached hydrogen (secondary N) is 1. The molecule has 1 aromatic carbocycles. The molecule has 0 saturated carbocycles. The van der Waals surface area contributed by atoms with Crippen LogP contribution in [0.2, 0.25) is 0 Å². The summed E-state index contributed by atoms with van der Waals surface area (Å²) in [5, 5.41) is 12.2. The SMILES string of the molecule is CCOC(C)CNc1cc(OC)ccc1C#N. The van der Waals surface area contributed by atoms with Crippen molar-refractivity contribution in [2.45, 2.75) is 20.0 Å². The fourth-order valence-corrected chi connectivity index (χ4v) is 1.49. The van der Waals surface area contributed by atoms with Crippen molar-refractivity contribution in [1.82, 2.24) is 0 Å². The summed E-state index contributed by atoms with van der Waals surface area (Å²) in [6, 6.07) is 7.48. The normalized spacial score (nSPS) is 11.6. The second-order valence-corrected chi connectivity index (χ2v) is 3.67. The zero-order valence-corrected chi connectivity index (χ0v) is 10.5. The third kappa shape index (κ3) is 3.97. The molecule has 92 valence electrons. The van der Waals surface area contributed by atoms with Crippen LogP contribution in [0, 0.1) is 11.3 Å². The highest BCUT2D eigenvalue weighted by Crippen LogP contribution is 2.21. The Morgan fingerprint density at radius 2 is 2.24 bits per heavy atom. The van der Waals surface area contributed by atoms with Crippen molar-refractivity contribution in [3.05, 3.63) is 23.8 Å². The van der Waals surface area contributed by atoms with Crippen molar-refractivity contribution in [3.8, 4) is 11.8 Å². The number of methoxy groups -OCH3 is 1. The molecule has 0 aliphatic rings. The van der Waals surface area contributed by atoms with Gasteiger partial charge in [0.25, 0.3) is 0 Å². The summed E-state index contributed by atoms with van der Waals surface area (Å²) in [6.07, 6.45) is 0.109. The average molecular weight is 234 g/mol. The second kappa shape index (κ2) is 6.77. The summed E-state index contributed by atoms with van der Waals surface area (Å²) >= 11 is 0. The third-order valence-electron chi connectivity index (χ3n) is 2.38. The summed E-state index contributed by atoms with van der Waals surface area (Å²) in [5.41, 5.74) is 1.38. The maximum absolute atomic E-state index is 8.99. The van der Waals surface area contributed by atoms with Crippen molar-refractivity contribution in [2.75, 3.05) is 25.6 Å². The largest absolute Gasteiger partial charge is 0.497 e. The number of hydrogen-bond donors (Lipinski definition) is 1. The Morgan fingerprint density at radius 1 is 1.47 bits per heavy atom. The lowest BCUT2D eigenvalue weighted by atomic mass is 10.2. The van der Waals surface area contributed by atoms with E-state index in [1.807, 2.05) is 19.9 Å². The van der Waals surface area contributed by atoms with Gasteiger partial charge < -0.3 is 14.8 Å². The second-order valence-electron chi connectivity index (χ2n) is 3.67. The van der Waals surface area contributed by atoms with E-state index in [-0.39, 0.29) is 6.10 Å². The van der Waals surface area contributed by atoms with Gasteiger partial charge in [0.15, 0.2) is 0 Å². The quantitative estimate of drug-likeness (QED) is 0.821. The number of ether oxygens (including phenoxy) is 2. The molecule has 0 aliphatic heterocycles. The van der Waals surface area contributed by atoms with E-state index in [0.29, 0.717) is 18.7 Å². The van der Waals surface area contributed by atoms with Gasteiger partial charge >= 0.3 is 0 Å². The highest BCUT2D eigenvalue weighted by molar-refractivity contribution is 5.60. The summed E-state index contributed by atoms with van der Waals surface area (Å²) < 4.78 is 10.5. The molecule has 0 aromatic heterocycles. The van der Waals surface area contributed by atoms with Gasteiger partial charge in [0.05, 0.1) is 24.5 Å². The van der Waals surface area contributed by atoms with E-state index in [9.17, 15) is 0 Å². The van der Waals surface area contributed by atoms with Crippen molar-refractivity contribution in [1.29, 1.82) is 5.26 Å². The van der Waals surface area contributed by atoms with E-state index in [2.05, 4.69) is 11.4 Å². The van der Waals surface area contributed by atoms with E-state index in [0.717, 1.165) is 11.4 Å². The van der Waals surface area contributed by atoms with Gasteiger partial charge in [-0.3, -0.25) is 0 Å². The summed E-state index contributed by atoms with van der Waals surface area (Å²) in [7, 11) is 1.61. The number of hydrogen-bond acceptors (Lipinski definition) is 4. The minimum Gasteiger partial charge on any atom is -0.497 e. The molecule has 1 unspecified atom stereocenters. The van der Waals surface area contributed by atoms with Gasteiger partial charge in [-0.25, -0.2) is 0 Å². The van der Waals surface area contributed by atoms with Crippen LogP contribution in [0.5, 0.6) is 5.75 Å². The zero-order valence-electron chi connectivity index (χ0n) is 10.5. The van der Waals surface area contributed by atoms with Crippen LogP contribution in [-0.2, 0) is 4.74 Å². The van der Waals surface area contributed by atoms with Crippen LogP contribution in [0.4, 0.5) is 5.69 Å². The maximum atomic E-state index is 8.99. The molecule has 0 heterocycles. The molecule has 4 nitrogen and oxygen atoms in total. The molecule has 1 aromatic rings. The molecule has 0 spiro atoms. The number of benzene rings is 1. The molecule has 0 fully saturated rings. The van der Waals surface area contributed by atoms with E-state index < -0.39 is 0 Å². The fourth-order valence-electron chi connectivity index (χ4n) is 1.49. The van der Waals surface area contributed by atoms with Crippen LogP contribution in [-0.4, -0.2) is 26.4 Å². The van der Waals surface area contributed by atoms with E-state index in [4.69, 9.17) is 14.7 Å². The molecule has 1 atom stereocenters. The molecule has 17 heavy (non-hydrogen) atoms. The fraction of sp³-hybridized carbons (Fsp3) is 0.462.